The highest BCUT2D eigenvalue weighted by atomic mass is 32.1. The van der Waals surface area contributed by atoms with Crippen molar-refractivity contribution in [2.24, 2.45) is 0 Å². The van der Waals surface area contributed by atoms with E-state index >= 15 is 0 Å². The number of nitrogens with zero attached hydrogens (tertiary/aromatic N) is 2. The van der Waals surface area contributed by atoms with Crippen LogP contribution in [-0.4, -0.2) is 9.13 Å². The molecule has 0 fully saturated rings. The molecular formula is C42H26N2S. The summed E-state index contributed by atoms with van der Waals surface area (Å²) in [5, 5.41) is 7.82. The lowest BCUT2D eigenvalue weighted by Crippen LogP contribution is -1.92. The third kappa shape index (κ3) is 3.50. The Hall–Kier alpha value is -5.64. The fraction of sp³-hybridized carbons (Fsp3) is 0. The Morgan fingerprint density at radius 1 is 0.356 bits per heavy atom. The predicted octanol–water partition coefficient (Wildman–Crippen LogP) is 11.9. The van der Waals surface area contributed by atoms with Crippen LogP contribution in [-0.2, 0) is 0 Å². The van der Waals surface area contributed by atoms with E-state index in [-0.39, 0.29) is 0 Å². The number of hydrogen-bond acceptors (Lipinski definition) is 1. The Kier molecular flexibility index (Phi) is 5.19. The minimum absolute atomic E-state index is 1.18. The molecule has 0 atom stereocenters. The van der Waals surface area contributed by atoms with E-state index < -0.39 is 0 Å². The molecule has 10 rings (SSSR count). The second-order valence-corrected chi connectivity index (χ2v) is 12.7. The van der Waals surface area contributed by atoms with Gasteiger partial charge in [0, 0.05) is 53.1 Å². The van der Waals surface area contributed by atoms with Gasteiger partial charge in [-0.2, -0.15) is 0 Å². The maximum atomic E-state index is 2.41. The first-order valence-electron chi connectivity index (χ1n) is 15.4. The number of aromatic nitrogens is 2. The van der Waals surface area contributed by atoms with E-state index in [1.54, 1.807) is 0 Å². The maximum absolute atomic E-state index is 2.41. The van der Waals surface area contributed by atoms with Crippen LogP contribution in [0.1, 0.15) is 0 Å². The second-order valence-electron chi connectivity index (χ2n) is 11.7. The van der Waals surface area contributed by atoms with Crippen LogP contribution in [0, 0.1) is 0 Å². The van der Waals surface area contributed by atoms with E-state index in [2.05, 4.69) is 167 Å². The lowest BCUT2D eigenvalue weighted by Gasteiger charge is -2.08. The van der Waals surface area contributed by atoms with E-state index in [9.17, 15) is 0 Å². The van der Waals surface area contributed by atoms with Crippen LogP contribution in [0.15, 0.2) is 158 Å². The van der Waals surface area contributed by atoms with E-state index in [0.717, 1.165) is 0 Å². The van der Waals surface area contributed by atoms with Crippen LogP contribution in [0.4, 0.5) is 0 Å². The van der Waals surface area contributed by atoms with Gasteiger partial charge in [-0.05, 0) is 65.7 Å². The molecule has 0 amide bonds. The van der Waals surface area contributed by atoms with Crippen molar-refractivity contribution >= 4 is 75.1 Å². The van der Waals surface area contributed by atoms with Crippen molar-refractivity contribution in [3.8, 4) is 22.5 Å². The van der Waals surface area contributed by atoms with Crippen LogP contribution < -0.4 is 0 Å². The van der Waals surface area contributed by atoms with Gasteiger partial charge >= 0.3 is 0 Å². The molecule has 0 aliphatic heterocycles. The molecule has 0 radical (unpaired) electrons. The highest BCUT2D eigenvalue weighted by molar-refractivity contribution is 7.27. The first kappa shape index (κ1) is 24.8. The van der Waals surface area contributed by atoms with Gasteiger partial charge in [0.15, 0.2) is 0 Å². The van der Waals surface area contributed by atoms with Gasteiger partial charge in [0.05, 0.1) is 22.1 Å². The zero-order valence-electron chi connectivity index (χ0n) is 24.3. The smallest absolute Gasteiger partial charge is 0.0555 e. The van der Waals surface area contributed by atoms with Gasteiger partial charge in [-0.15, -0.1) is 11.3 Å². The highest BCUT2D eigenvalue weighted by Gasteiger charge is 2.19. The summed E-state index contributed by atoms with van der Waals surface area (Å²) in [5.41, 5.74) is 9.85. The molecule has 0 saturated heterocycles. The van der Waals surface area contributed by atoms with Crippen molar-refractivity contribution in [2.45, 2.75) is 0 Å². The van der Waals surface area contributed by atoms with Crippen LogP contribution in [0.25, 0.3) is 86.3 Å². The molecule has 7 aromatic carbocycles. The van der Waals surface area contributed by atoms with Crippen molar-refractivity contribution in [2.75, 3.05) is 0 Å². The van der Waals surface area contributed by atoms with Gasteiger partial charge in [0.2, 0.25) is 0 Å². The summed E-state index contributed by atoms with van der Waals surface area (Å²) in [7, 11) is 0. The predicted molar refractivity (Wildman–Crippen MR) is 193 cm³/mol. The van der Waals surface area contributed by atoms with E-state index in [1.165, 1.54) is 86.3 Å². The SMILES string of the molecule is c1ccc(-n2c3ccccc3c3cc(-c4cccc5c4sc4c5ccc5c4c4ccccc4n5-c4ccccc4)ccc32)cc1. The van der Waals surface area contributed by atoms with E-state index in [1.807, 2.05) is 11.3 Å². The van der Waals surface area contributed by atoms with Crippen LogP contribution in [0.5, 0.6) is 0 Å². The average molecular weight is 591 g/mol. The topological polar surface area (TPSA) is 9.86 Å². The summed E-state index contributed by atoms with van der Waals surface area (Å²) in [5.74, 6) is 0. The molecule has 45 heavy (non-hydrogen) atoms. The summed E-state index contributed by atoms with van der Waals surface area (Å²) in [4.78, 5) is 0. The molecule has 3 heterocycles. The summed E-state index contributed by atoms with van der Waals surface area (Å²) in [6, 6.07) is 57.4. The van der Waals surface area contributed by atoms with Gasteiger partial charge in [-0.3, -0.25) is 0 Å². The Bertz CT molecular complexity index is 2740. The van der Waals surface area contributed by atoms with Crippen molar-refractivity contribution in [3.05, 3.63) is 158 Å². The molecule has 2 nitrogen and oxygen atoms in total. The van der Waals surface area contributed by atoms with Crippen molar-refractivity contribution < 1.29 is 0 Å². The normalized spacial score (nSPS) is 12.0. The lowest BCUT2D eigenvalue weighted by molar-refractivity contribution is 1.18. The quantitative estimate of drug-likeness (QED) is 0.194. The molecule has 0 aliphatic carbocycles. The molecule has 3 aromatic heterocycles. The standard InChI is InChI=1S/C42H26N2S/c1-3-12-28(13-4-1)43-36-20-9-7-16-31(36)35-26-27(22-24-38(35)43)30-18-11-19-32-33-23-25-39-40(42(33)45-41(30)32)34-17-8-10-21-37(34)44(39)29-14-5-2-6-15-29/h1-26H. The Labute approximate surface area is 263 Å². The molecular weight excluding hydrogens is 565 g/mol. The van der Waals surface area contributed by atoms with Crippen molar-refractivity contribution in [1.82, 2.24) is 9.13 Å². The highest BCUT2D eigenvalue weighted by Crippen LogP contribution is 2.46. The Balaban J connectivity index is 1.25. The van der Waals surface area contributed by atoms with Crippen LogP contribution in [0.3, 0.4) is 0 Å². The minimum atomic E-state index is 1.18. The first-order valence-corrected chi connectivity index (χ1v) is 16.2. The second kappa shape index (κ2) is 9.43. The third-order valence-electron chi connectivity index (χ3n) is 9.31. The zero-order valence-corrected chi connectivity index (χ0v) is 25.1. The molecule has 0 aliphatic rings. The van der Waals surface area contributed by atoms with Crippen LogP contribution >= 0.6 is 11.3 Å². The molecule has 0 spiro atoms. The fourth-order valence-corrected chi connectivity index (χ4v) is 8.78. The lowest BCUT2D eigenvalue weighted by atomic mass is 10.00. The molecule has 0 unspecified atom stereocenters. The largest absolute Gasteiger partial charge is 0.309 e. The average Bonchev–Trinajstić information content (AvgIpc) is 3.76. The molecule has 0 N–H and O–H groups in total. The van der Waals surface area contributed by atoms with Gasteiger partial charge in [0.25, 0.3) is 0 Å². The fourth-order valence-electron chi connectivity index (χ4n) is 7.39. The van der Waals surface area contributed by atoms with E-state index in [4.69, 9.17) is 0 Å². The molecule has 0 saturated carbocycles. The summed E-state index contributed by atoms with van der Waals surface area (Å²) in [6.45, 7) is 0. The number of fused-ring (bicyclic) bond motifs is 10. The first-order chi connectivity index (χ1) is 22.3. The third-order valence-corrected chi connectivity index (χ3v) is 10.6. The Morgan fingerprint density at radius 3 is 1.67 bits per heavy atom. The van der Waals surface area contributed by atoms with E-state index in [0.29, 0.717) is 0 Å². The summed E-state index contributed by atoms with van der Waals surface area (Å²) < 4.78 is 7.48. The zero-order chi connectivity index (χ0) is 29.5. The molecule has 0 bridgehead atoms. The maximum Gasteiger partial charge on any atom is 0.0555 e. The number of para-hydroxylation sites is 4. The van der Waals surface area contributed by atoms with Crippen molar-refractivity contribution in [1.29, 1.82) is 0 Å². The number of rotatable bonds is 3. The molecule has 210 valence electrons. The summed E-state index contributed by atoms with van der Waals surface area (Å²) in [6.07, 6.45) is 0. The Morgan fingerprint density at radius 2 is 0.911 bits per heavy atom. The number of thiophene rings is 1. The summed E-state index contributed by atoms with van der Waals surface area (Å²) >= 11 is 1.93. The van der Waals surface area contributed by atoms with Crippen LogP contribution in [0.2, 0.25) is 0 Å². The monoisotopic (exact) mass is 590 g/mol. The number of hydrogen-bond donors (Lipinski definition) is 0. The van der Waals surface area contributed by atoms with Gasteiger partial charge in [-0.1, -0.05) is 103 Å². The number of benzene rings is 7. The molecule has 3 heteroatoms. The van der Waals surface area contributed by atoms with Crippen molar-refractivity contribution in [3.63, 3.8) is 0 Å². The van der Waals surface area contributed by atoms with Gasteiger partial charge in [0.1, 0.15) is 0 Å². The molecule has 10 aromatic rings. The minimum Gasteiger partial charge on any atom is -0.309 e. The van der Waals surface area contributed by atoms with Gasteiger partial charge in [-0.25, -0.2) is 0 Å². The van der Waals surface area contributed by atoms with Gasteiger partial charge < -0.3 is 9.13 Å².